The molecule has 0 saturated heterocycles. The lowest BCUT2D eigenvalue weighted by atomic mass is 9.98. The molecular formula is C14H10Cl2O. The molecule has 0 aliphatic rings. The highest BCUT2D eigenvalue weighted by molar-refractivity contribution is 6.42. The van der Waals surface area contributed by atoms with E-state index >= 15 is 0 Å². The molecule has 3 heteroatoms. The minimum atomic E-state index is 0.0340. The molecule has 0 aliphatic carbocycles. The highest BCUT2D eigenvalue weighted by atomic mass is 35.5. The Bertz CT molecular complexity index is 576. The predicted molar refractivity (Wildman–Crippen MR) is 71.9 cm³/mol. The van der Waals surface area contributed by atoms with E-state index < -0.39 is 0 Å². The van der Waals surface area contributed by atoms with Crippen LogP contribution in [0.3, 0.4) is 0 Å². The maximum Gasteiger partial charge on any atom is 0.160 e. The maximum atomic E-state index is 11.5. The standard InChI is InChI=1S/C14H10Cl2O/c1-9(17)11-4-2-3-5-12(11)10-6-7-13(15)14(16)8-10/h2-8H,1H3. The van der Waals surface area contributed by atoms with Gasteiger partial charge in [-0.15, -0.1) is 0 Å². The first-order valence-electron chi connectivity index (χ1n) is 5.15. The molecule has 2 rings (SSSR count). The van der Waals surface area contributed by atoms with Crippen molar-refractivity contribution in [1.82, 2.24) is 0 Å². The van der Waals surface area contributed by atoms with Gasteiger partial charge < -0.3 is 0 Å². The van der Waals surface area contributed by atoms with Crippen LogP contribution in [-0.4, -0.2) is 5.78 Å². The Hall–Kier alpha value is -1.31. The first kappa shape index (κ1) is 12.2. The summed E-state index contributed by atoms with van der Waals surface area (Å²) in [6, 6.07) is 12.8. The first-order valence-corrected chi connectivity index (χ1v) is 5.90. The number of carbonyl (C=O) groups excluding carboxylic acids is 1. The van der Waals surface area contributed by atoms with E-state index in [9.17, 15) is 4.79 Å². The zero-order valence-corrected chi connectivity index (χ0v) is 10.7. The van der Waals surface area contributed by atoms with E-state index in [1.165, 1.54) is 0 Å². The van der Waals surface area contributed by atoms with Gasteiger partial charge in [0.05, 0.1) is 10.0 Å². The second-order valence-corrected chi connectivity index (χ2v) is 4.55. The maximum absolute atomic E-state index is 11.5. The third kappa shape index (κ3) is 2.51. The first-order chi connectivity index (χ1) is 8.09. The zero-order valence-electron chi connectivity index (χ0n) is 9.21. The van der Waals surface area contributed by atoms with E-state index in [1.807, 2.05) is 24.3 Å². The molecule has 0 bridgehead atoms. The number of carbonyl (C=O) groups is 1. The van der Waals surface area contributed by atoms with Crippen molar-refractivity contribution < 1.29 is 4.79 Å². The number of hydrogen-bond donors (Lipinski definition) is 0. The molecule has 17 heavy (non-hydrogen) atoms. The Morgan fingerprint density at radius 2 is 1.71 bits per heavy atom. The van der Waals surface area contributed by atoms with Gasteiger partial charge >= 0.3 is 0 Å². The lowest BCUT2D eigenvalue weighted by Gasteiger charge is -2.07. The molecule has 0 atom stereocenters. The van der Waals surface area contributed by atoms with Gasteiger partial charge in [0.15, 0.2) is 5.78 Å². The van der Waals surface area contributed by atoms with E-state index in [-0.39, 0.29) is 5.78 Å². The smallest absolute Gasteiger partial charge is 0.160 e. The molecule has 0 fully saturated rings. The van der Waals surface area contributed by atoms with E-state index in [0.29, 0.717) is 15.6 Å². The zero-order chi connectivity index (χ0) is 12.4. The van der Waals surface area contributed by atoms with Crippen LogP contribution in [0.1, 0.15) is 17.3 Å². The Morgan fingerprint density at radius 1 is 1.00 bits per heavy atom. The van der Waals surface area contributed by atoms with Crippen LogP contribution in [-0.2, 0) is 0 Å². The van der Waals surface area contributed by atoms with Crippen LogP contribution < -0.4 is 0 Å². The fourth-order valence-electron chi connectivity index (χ4n) is 1.71. The van der Waals surface area contributed by atoms with Crippen LogP contribution in [0.4, 0.5) is 0 Å². The van der Waals surface area contributed by atoms with Crippen molar-refractivity contribution in [3.63, 3.8) is 0 Å². The Kier molecular flexibility index (Phi) is 3.51. The number of benzene rings is 2. The van der Waals surface area contributed by atoms with E-state index in [2.05, 4.69) is 0 Å². The second kappa shape index (κ2) is 4.91. The largest absolute Gasteiger partial charge is 0.294 e. The van der Waals surface area contributed by atoms with Crippen LogP contribution in [0.15, 0.2) is 42.5 Å². The van der Waals surface area contributed by atoms with Gasteiger partial charge in [-0.25, -0.2) is 0 Å². The SMILES string of the molecule is CC(=O)c1ccccc1-c1ccc(Cl)c(Cl)c1. The summed E-state index contributed by atoms with van der Waals surface area (Å²) < 4.78 is 0. The van der Waals surface area contributed by atoms with Crippen molar-refractivity contribution in [2.45, 2.75) is 6.92 Å². The van der Waals surface area contributed by atoms with Crippen LogP contribution in [0, 0.1) is 0 Å². The summed E-state index contributed by atoms with van der Waals surface area (Å²) in [5.41, 5.74) is 2.45. The van der Waals surface area contributed by atoms with E-state index in [4.69, 9.17) is 23.2 Å². The van der Waals surface area contributed by atoms with Gasteiger partial charge in [0.2, 0.25) is 0 Å². The van der Waals surface area contributed by atoms with E-state index in [1.54, 1.807) is 25.1 Å². The second-order valence-electron chi connectivity index (χ2n) is 3.73. The van der Waals surface area contributed by atoms with E-state index in [0.717, 1.165) is 11.1 Å². The van der Waals surface area contributed by atoms with Gasteiger partial charge in [-0.05, 0) is 30.2 Å². The highest BCUT2D eigenvalue weighted by Gasteiger charge is 2.09. The molecule has 0 unspecified atom stereocenters. The number of Topliss-reactive ketones (excluding diaryl/α,β-unsaturated/α-hetero) is 1. The third-order valence-electron chi connectivity index (χ3n) is 2.54. The Morgan fingerprint density at radius 3 is 2.35 bits per heavy atom. The minimum Gasteiger partial charge on any atom is -0.294 e. The number of rotatable bonds is 2. The normalized spacial score (nSPS) is 10.3. The van der Waals surface area contributed by atoms with Crippen molar-refractivity contribution in [3.8, 4) is 11.1 Å². The Labute approximate surface area is 110 Å². The van der Waals surface area contributed by atoms with Gasteiger partial charge in [-0.3, -0.25) is 4.79 Å². The lowest BCUT2D eigenvalue weighted by molar-refractivity contribution is 0.101. The molecule has 0 heterocycles. The molecule has 2 aromatic carbocycles. The van der Waals surface area contributed by atoms with Gasteiger partial charge in [0.25, 0.3) is 0 Å². The van der Waals surface area contributed by atoms with Crippen LogP contribution >= 0.6 is 23.2 Å². The average molecular weight is 265 g/mol. The van der Waals surface area contributed by atoms with Crippen molar-refractivity contribution in [1.29, 1.82) is 0 Å². The molecule has 86 valence electrons. The fourth-order valence-corrected chi connectivity index (χ4v) is 2.00. The molecule has 0 amide bonds. The summed E-state index contributed by atoms with van der Waals surface area (Å²) in [6.07, 6.45) is 0. The van der Waals surface area contributed by atoms with Crippen molar-refractivity contribution in [2.75, 3.05) is 0 Å². The number of hydrogen-bond acceptors (Lipinski definition) is 1. The predicted octanol–water partition coefficient (Wildman–Crippen LogP) is 4.86. The monoisotopic (exact) mass is 264 g/mol. The minimum absolute atomic E-state index is 0.0340. The van der Waals surface area contributed by atoms with Crippen molar-refractivity contribution >= 4 is 29.0 Å². The number of ketones is 1. The highest BCUT2D eigenvalue weighted by Crippen LogP contribution is 2.30. The summed E-state index contributed by atoms with van der Waals surface area (Å²) in [5.74, 6) is 0.0340. The summed E-state index contributed by atoms with van der Waals surface area (Å²) >= 11 is 11.9. The Balaban J connectivity index is 2.60. The third-order valence-corrected chi connectivity index (χ3v) is 3.28. The average Bonchev–Trinajstić information content (AvgIpc) is 2.32. The molecule has 0 aliphatic heterocycles. The summed E-state index contributed by atoms with van der Waals surface area (Å²) in [6.45, 7) is 1.55. The molecule has 1 nitrogen and oxygen atoms in total. The topological polar surface area (TPSA) is 17.1 Å². The van der Waals surface area contributed by atoms with Gasteiger partial charge in [-0.2, -0.15) is 0 Å². The molecule has 0 spiro atoms. The van der Waals surface area contributed by atoms with Crippen LogP contribution in [0.2, 0.25) is 10.0 Å². The number of halogens is 2. The lowest BCUT2D eigenvalue weighted by Crippen LogP contribution is -1.95. The van der Waals surface area contributed by atoms with Gasteiger partial charge in [-0.1, -0.05) is 53.5 Å². The molecule has 2 aromatic rings. The van der Waals surface area contributed by atoms with Crippen LogP contribution in [0.5, 0.6) is 0 Å². The van der Waals surface area contributed by atoms with Gasteiger partial charge in [0.1, 0.15) is 0 Å². The van der Waals surface area contributed by atoms with Crippen LogP contribution in [0.25, 0.3) is 11.1 Å². The molecule has 0 radical (unpaired) electrons. The summed E-state index contributed by atoms with van der Waals surface area (Å²) in [7, 11) is 0. The van der Waals surface area contributed by atoms with Crippen molar-refractivity contribution in [3.05, 3.63) is 58.1 Å². The fraction of sp³-hybridized carbons (Fsp3) is 0.0714. The van der Waals surface area contributed by atoms with Gasteiger partial charge in [0, 0.05) is 5.56 Å². The quantitative estimate of drug-likeness (QED) is 0.708. The molecular weight excluding hydrogens is 255 g/mol. The molecule has 0 N–H and O–H groups in total. The summed E-state index contributed by atoms with van der Waals surface area (Å²) in [4.78, 5) is 11.5. The van der Waals surface area contributed by atoms with Crippen molar-refractivity contribution in [2.24, 2.45) is 0 Å². The molecule has 0 saturated carbocycles. The molecule has 0 aromatic heterocycles. The summed E-state index contributed by atoms with van der Waals surface area (Å²) in [5, 5.41) is 0.998.